The lowest BCUT2D eigenvalue weighted by Gasteiger charge is -2.37. The molecule has 2 amide bonds. The Morgan fingerprint density at radius 1 is 1.39 bits per heavy atom. The maximum atomic E-state index is 14.3. The molecule has 3 heterocycles. The minimum atomic E-state index is -0.691. The highest BCUT2D eigenvalue weighted by Gasteiger charge is 2.45. The van der Waals surface area contributed by atoms with E-state index < -0.39 is 18.4 Å². The highest BCUT2D eigenvalue weighted by molar-refractivity contribution is 5.89. The van der Waals surface area contributed by atoms with Crippen molar-refractivity contribution in [3.05, 3.63) is 41.8 Å². The molecule has 0 saturated carbocycles. The first kappa shape index (κ1) is 18.4. The molecule has 4 rings (SSSR count). The van der Waals surface area contributed by atoms with Crippen molar-refractivity contribution in [3.63, 3.8) is 0 Å². The molecule has 0 aliphatic carbocycles. The predicted octanol–water partition coefficient (Wildman–Crippen LogP) is 0.822. The Morgan fingerprint density at radius 3 is 2.93 bits per heavy atom. The minimum absolute atomic E-state index is 0.156. The number of carbonyl (C=O) groups excluding carboxylic acids is 2. The van der Waals surface area contributed by atoms with Crippen LogP contribution in [-0.2, 0) is 9.59 Å². The molecular formula is C18H22FN7O2. The third kappa shape index (κ3) is 3.20. The second-order valence-electron chi connectivity index (χ2n) is 6.83. The van der Waals surface area contributed by atoms with Crippen LogP contribution in [0.5, 0.6) is 0 Å². The van der Waals surface area contributed by atoms with Crippen molar-refractivity contribution in [1.82, 2.24) is 25.8 Å². The summed E-state index contributed by atoms with van der Waals surface area (Å²) in [4.78, 5) is 24.5. The Kier molecular flexibility index (Phi) is 4.73. The second-order valence-corrected chi connectivity index (χ2v) is 6.83. The summed E-state index contributed by atoms with van der Waals surface area (Å²) in [6.45, 7) is 3.93. The van der Waals surface area contributed by atoms with Crippen molar-refractivity contribution in [3.8, 4) is 0 Å². The van der Waals surface area contributed by atoms with E-state index in [4.69, 9.17) is 0 Å². The Morgan fingerprint density at radius 2 is 2.18 bits per heavy atom. The summed E-state index contributed by atoms with van der Waals surface area (Å²) in [6.07, 6.45) is -0.844. The minimum Gasteiger partial charge on any atom is -0.321 e. The zero-order valence-corrected chi connectivity index (χ0v) is 15.6. The van der Waals surface area contributed by atoms with Crippen LogP contribution in [0.1, 0.15) is 25.3 Å². The Bertz CT molecular complexity index is 915. The van der Waals surface area contributed by atoms with Crippen LogP contribution in [0.3, 0.4) is 0 Å². The van der Waals surface area contributed by atoms with Gasteiger partial charge < -0.3 is 10.6 Å². The lowest BCUT2D eigenvalue weighted by molar-refractivity contribution is -0.129. The van der Waals surface area contributed by atoms with Crippen LogP contribution in [0.2, 0.25) is 0 Å². The van der Waals surface area contributed by atoms with Crippen molar-refractivity contribution >= 4 is 23.3 Å². The van der Waals surface area contributed by atoms with Gasteiger partial charge in [-0.1, -0.05) is 19.1 Å². The fourth-order valence-electron chi connectivity index (χ4n) is 3.51. The van der Waals surface area contributed by atoms with Gasteiger partial charge in [-0.15, -0.1) is 0 Å². The highest BCUT2D eigenvalue weighted by Crippen LogP contribution is 2.29. The number of para-hydroxylation sites is 1. The topological polar surface area (TPSA) is 103 Å². The van der Waals surface area contributed by atoms with E-state index in [-0.39, 0.29) is 17.6 Å². The number of nitrogens with zero attached hydrogens (tertiary/aromatic N) is 3. The average Bonchev–Trinajstić information content (AvgIpc) is 3.25. The molecule has 28 heavy (non-hydrogen) atoms. The number of nitrogens with one attached hydrogen (secondary N) is 4. The molecule has 2 aromatic rings. The van der Waals surface area contributed by atoms with Gasteiger partial charge in [-0.25, -0.2) is 14.5 Å². The van der Waals surface area contributed by atoms with Gasteiger partial charge in [0.05, 0.1) is 17.3 Å². The molecule has 1 aromatic heterocycles. The molecule has 0 bridgehead atoms. The zero-order chi connectivity index (χ0) is 19.8. The predicted molar refractivity (Wildman–Crippen MR) is 100 cm³/mol. The van der Waals surface area contributed by atoms with Crippen LogP contribution in [0.25, 0.3) is 0 Å². The number of hydrogen-bond acceptors (Lipinski definition) is 6. The Labute approximate surface area is 161 Å². The normalized spacial score (nSPS) is 24.0. The number of hydrazine groups is 1. The van der Waals surface area contributed by atoms with E-state index in [1.54, 1.807) is 43.1 Å². The summed E-state index contributed by atoms with van der Waals surface area (Å²) in [5.41, 5.74) is 4.14. The van der Waals surface area contributed by atoms with E-state index in [0.717, 1.165) is 0 Å². The molecule has 10 heteroatoms. The standard InChI is InChI=1S/C18H22FN7O2/c1-3-15(27)21-14-8-10(2)24-26(14)18-22-16-11(17(28)23-18)9-20-25(16)13-7-5-4-6-12(13)19/h4-8,11,16,18,20,22H,3,9H2,1-2H3,(H,21,27)(H,23,28). The number of aromatic nitrogens is 2. The summed E-state index contributed by atoms with van der Waals surface area (Å²) < 4.78 is 15.8. The largest absolute Gasteiger partial charge is 0.321 e. The molecule has 9 nitrogen and oxygen atoms in total. The number of amides is 2. The molecule has 2 fully saturated rings. The molecular weight excluding hydrogens is 365 g/mol. The van der Waals surface area contributed by atoms with Gasteiger partial charge in [0, 0.05) is 19.0 Å². The maximum absolute atomic E-state index is 14.3. The maximum Gasteiger partial charge on any atom is 0.230 e. The van der Waals surface area contributed by atoms with Gasteiger partial charge in [-0.2, -0.15) is 5.10 Å². The Hall–Kier alpha value is -2.98. The molecule has 2 saturated heterocycles. The molecule has 2 aliphatic rings. The van der Waals surface area contributed by atoms with Crippen molar-refractivity contribution in [2.24, 2.45) is 5.92 Å². The van der Waals surface area contributed by atoms with Gasteiger partial charge >= 0.3 is 0 Å². The lowest BCUT2D eigenvalue weighted by atomic mass is 10.0. The van der Waals surface area contributed by atoms with E-state index in [1.165, 1.54) is 10.7 Å². The van der Waals surface area contributed by atoms with Gasteiger partial charge in [0.1, 0.15) is 17.8 Å². The number of halogens is 1. The second kappa shape index (κ2) is 7.21. The van der Waals surface area contributed by atoms with Crippen LogP contribution in [0.15, 0.2) is 30.3 Å². The number of fused-ring (bicyclic) bond motifs is 1. The zero-order valence-electron chi connectivity index (χ0n) is 15.6. The van der Waals surface area contributed by atoms with Crippen LogP contribution in [0, 0.1) is 18.7 Å². The molecule has 2 aliphatic heterocycles. The third-order valence-corrected chi connectivity index (χ3v) is 4.89. The summed E-state index contributed by atoms with van der Waals surface area (Å²) in [7, 11) is 0. The fraction of sp³-hybridized carbons (Fsp3) is 0.389. The quantitative estimate of drug-likeness (QED) is 0.620. The molecule has 4 N–H and O–H groups in total. The smallest absolute Gasteiger partial charge is 0.230 e. The van der Waals surface area contributed by atoms with Crippen LogP contribution >= 0.6 is 0 Å². The number of rotatable bonds is 4. The molecule has 0 radical (unpaired) electrons. The van der Waals surface area contributed by atoms with Gasteiger partial charge in [0.15, 0.2) is 6.29 Å². The highest BCUT2D eigenvalue weighted by atomic mass is 19.1. The van der Waals surface area contributed by atoms with E-state index in [1.807, 2.05) is 0 Å². The van der Waals surface area contributed by atoms with Gasteiger partial charge in [-0.05, 0) is 19.1 Å². The van der Waals surface area contributed by atoms with E-state index >= 15 is 0 Å². The SMILES string of the molecule is CCC(=O)Nc1cc(C)nn1C1NC(=O)C2CNN(c3ccccc3F)C2N1. The van der Waals surface area contributed by atoms with Gasteiger partial charge in [0.2, 0.25) is 11.8 Å². The third-order valence-electron chi connectivity index (χ3n) is 4.89. The van der Waals surface area contributed by atoms with E-state index in [9.17, 15) is 14.0 Å². The van der Waals surface area contributed by atoms with Gasteiger partial charge in [0.25, 0.3) is 0 Å². The summed E-state index contributed by atoms with van der Waals surface area (Å²) >= 11 is 0. The molecule has 3 unspecified atom stereocenters. The first-order valence-corrected chi connectivity index (χ1v) is 9.17. The van der Waals surface area contributed by atoms with E-state index in [2.05, 4.69) is 26.5 Å². The fourth-order valence-corrected chi connectivity index (χ4v) is 3.51. The van der Waals surface area contributed by atoms with E-state index in [0.29, 0.717) is 30.2 Å². The average molecular weight is 387 g/mol. The molecule has 0 spiro atoms. The summed E-state index contributed by atoms with van der Waals surface area (Å²) in [6, 6.07) is 8.11. The van der Waals surface area contributed by atoms with Crippen LogP contribution in [-0.4, -0.2) is 34.3 Å². The summed E-state index contributed by atoms with van der Waals surface area (Å²) in [5, 5.41) is 15.0. The number of aryl methyl sites for hydroxylation is 1. The summed E-state index contributed by atoms with van der Waals surface area (Å²) in [5.74, 6) is -0.645. The lowest BCUT2D eigenvalue weighted by Crippen LogP contribution is -2.62. The van der Waals surface area contributed by atoms with Gasteiger partial charge in [-0.3, -0.25) is 19.9 Å². The van der Waals surface area contributed by atoms with Crippen LogP contribution in [0.4, 0.5) is 15.9 Å². The van der Waals surface area contributed by atoms with Crippen LogP contribution < -0.4 is 26.4 Å². The first-order valence-electron chi connectivity index (χ1n) is 9.17. The van der Waals surface area contributed by atoms with Crippen molar-refractivity contribution in [1.29, 1.82) is 0 Å². The number of carbonyl (C=O) groups is 2. The Balaban J connectivity index is 1.63. The number of benzene rings is 1. The molecule has 1 aromatic carbocycles. The monoisotopic (exact) mass is 387 g/mol. The van der Waals surface area contributed by atoms with Crippen molar-refractivity contribution in [2.45, 2.75) is 32.7 Å². The first-order chi connectivity index (χ1) is 13.5. The number of hydrogen-bond donors (Lipinski definition) is 4. The molecule has 148 valence electrons. The number of anilines is 2. The molecule has 3 atom stereocenters. The van der Waals surface area contributed by atoms with Crippen molar-refractivity contribution in [2.75, 3.05) is 16.9 Å². The van der Waals surface area contributed by atoms with Crippen molar-refractivity contribution < 1.29 is 14.0 Å².